The van der Waals surface area contributed by atoms with E-state index in [2.05, 4.69) is 20.6 Å². The summed E-state index contributed by atoms with van der Waals surface area (Å²) in [7, 11) is 0. The number of rotatable bonds is 2. The van der Waals surface area contributed by atoms with Gasteiger partial charge in [0.1, 0.15) is 5.69 Å². The number of amides is 1. The Labute approximate surface area is 101 Å². The first-order valence-corrected chi connectivity index (χ1v) is 5.38. The zero-order valence-electron chi connectivity index (χ0n) is 9.29. The molecule has 0 radical (unpaired) electrons. The third-order valence-electron chi connectivity index (χ3n) is 2.54. The van der Waals surface area contributed by atoms with Gasteiger partial charge in [0.05, 0.1) is 0 Å². The Balaban J connectivity index is 2.03. The molecule has 1 amide bonds. The normalized spacial score (nSPS) is 20.4. The fourth-order valence-corrected chi connectivity index (χ4v) is 1.62. The van der Waals surface area contributed by atoms with Crippen molar-refractivity contribution in [2.75, 3.05) is 11.9 Å². The molecule has 1 aromatic rings. The molecule has 0 bridgehead atoms. The van der Waals surface area contributed by atoms with Crippen molar-refractivity contribution in [2.24, 2.45) is 0 Å². The van der Waals surface area contributed by atoms with Gasteiger partial charge in [0.25, 0.3) is 0 Å². The van der Waals surface area contributed by atoms with Gasteiger partial charge in [-0.05, 0) is 12.5 Å². The third-order valence-corrected chi connectivity index (χ3v) is 2.54. The Morgan fingerprint density at radius 3 is 2.83 bits per heavy atom. The first-order valence-electron chi connectivity index (χ1n) is 5.38. The SMILES string of the molecule is O=C1CCC(Nc2nccc(C(F)(F)F)n2)CN1. The van der Waals surface area contributed by atoms with Gasteiger partial charge in [0.2, 0.25) is 11.9 Å². The number of nitrogens with zero attached hydrogens (tertiary/aromatic N) is 2. The summed E-state index contributed by atoms with van der Waals surface area (Å²) in [5.74, 6) is -0.135. The number of piperidine rings is 1. The summed E-state index contributed by atoms with van der Waals surface area (Å²) < 4.78 is 37.3. The average molecular weight is 260 g/mol. The van der Waals surface area contributed by atoms with Gasteiger partial charge in [0, 0.05) is 25.2 Å². The quantitative estimate of drug-likeness (QED) is 0.838. The Kier molecular flexibility index (Phi) is 3.35. The van der Waals surface area contributed by atoms with Gasteiger partial charge in [-0.3, -0.25) is 4.79 Å². The van der Waals surface area contributed by atoms with Crippen LogP contribution in [0.15, 0.2) is 12.3 Å². The summed E-state index contributed by atoms with van der Waals surface area (Å²) >= 11 is 0. The molecule has 0 aliphatic carbocycles. The minimum atomic E-state index is -4.49. The van der Waals surface area contributed by atoms with Crippen molar-refractivity contribution in [3.63, 3.8) is 0 Å². The Morgan fingerprint density at radius 2 is 2.22 bits per heavy atom. The molecule has 2 heterocycles. The van der Waals surface area contributed by atoms with E-state index >= 15 is 0 Å². The van der Waals surface area contributed by atoms with Gasteiger partial charge < -0.3 is 10.6 Å². The van der Waals surface area contributed by atoms with E-state index in [1.165, 1.54) is 0 Å². The smallest absolute Gasteiger partial charge is 0.354 e. The number of nitrogens with one attached hydrogen (secondary N) is 2. The molecule has 2 N–H and O–H groups in total. The highest BCUT2D eigenvalue weighted by atomic mass is 19.4. The maximum Gasteiger partial charge on any atom is 0.433 e. The number of halogens is 3. The van der Waals surface area contributed by atoms with Crippen LogP contribution < -0.4 is 10.6 Å². The van der Waals surface area contributed by atoms with E-state index in [-0.39, 0.29) is 17.9 Å². The van der Waals surface area contributed by atoms with E-state index in [1.807, 2.05) is 0 Å². The fraction of sp³-hybridized carbons (Fsp3) is 0.500. The first kappa shape index (κ1) is 12.6. The van der Waals surface area contributed by atoms with Crippen LogP contribution >= 0.6 is 0 Å². The summed E-state index contributed by atoms with van der Waals surface area (Å²) in [6.45, 7) is 0.360. The molecule has 5 nitrogen and oxygen atoms in total. The van der Waals surface area contributed by atoms with Crippen LogP contribution in [0.25, 0.3) is 0 Å². The second-order valence-electron chi connectivity index (χ2n) is 3.95. The lowest BCUT2D eigenvalue weighted by Gasteiger charge is -2.23. The molecule has 0 saturated carbocycles. The van der Waals surface area contributed by atoms with Crippen LogP contribution in [0.1, 0.15) is 18.5 Å². The summed E-state index contributed by atoms with van der Waals surface area (Å²) in [5, 5.41) is 5.39. The van der Waals surface area contributed by atoms with Gasteiger partial charge in [-0.1, -0.05) is 0 Å². The van der Waals surface area contributed by atoms with Crippen molar-refractivity contribution in [1.29, 1.82) is 0 Å². The molecule has 1 unspecified atom stereocenters. The Morgan fingerprint density at radius 1 is 1.44 bits per heavy atom. The van der Waals surface area contributed by atoms with E-state index in [9.17, 15) is 18.0 Å². The molecule has 98 valence electrons. The van der Waals surface area contributed by atoms with E-state index < -0.39 is 11.9 Å². The predicted molar refractivity (Wildman–Crippen MR) is 56.7 cm³/mol. The lowest BCUT2D eigenvalue weighted by atomic mass is 10.1. The Bertz CT molecular complexity index is 439. The van der Waals surface area contributed by atoms with Crippen molar-refractivity contribution in [3.05, 3.63) is 18.0 Å². The molecule has 8 heteroatoms. The predicted octanol–water partition coefficient (Wildman–Crippen LogP) is 1.19. The zero-order chi connectivity index (χ0) is 13.2. The molecule has 0 spiro atoms. The van der Waals surface area contributed by atoms with Crippen LogP contribution in [0, 0.1) is 0 Å². The average Bonchev–Trinajstić information content (AvgIpc) is 2.31. The summed E-state index contributed by atoms with van der Waals surface area (Å²) in [4.78, 5) is 18.1. The first-order chi connectivity index (χ1) is 8.45. The van der Waals surface area contributed by atoms with Gasteiger partial charge in [-0.25, -0.2) is 9.97 Å². The van der Waals surface area contributed by atoms with Crippen LogP contribution in [0.4, 0.5) is 19.1 Å². The molecule has 1 aliphatic heterocycles. The number of carbonyl (C=O) groups excluding carboxylic acids is 1. The van der Waals surface area contributed by atoms with Crippen LogP contribution in [0.2, 0.25) is 0 Å². The molecule has 18 heavy (non-hydrogen) atoms. The van der Waals surface area contributed by atoms with Crippen molar-refractivity contribution < 1.29 is 18.0 Å². The third kappa shape index (κ3) is 3.08. The zero-order valence-corrected chi connectivity index (χ0v) is 9.29. The molecule has 1 aliphatic rings. The summed E-state index contributed by atoms with van der Waals surface area (Å²) in [5.41, 5.74) is -0.986. The highest BCUT2D eigenvalue weighted by molar-refractivity contribution is 5.76. The van der Waals surface area contributed by atoms with Crippen LogP contribution in [0.3, 0.4) is 0 Å². The largest absolute Gasteiger partial charge is 0.433 e. The highest BCUT2D eigenvalue weighted by Gasteiger charge is 2.33. The monoisotopic (exact) mass is 260 g/mol. The van der Waals surface area contributed by atoms with E-state index in [0.29, 0.717) is 19.4 Å². The highest BCUT2D eigenvalue weighted by Crippen LogP contribution is 2.27. The molecule has 1 atom stereocenters. The number of alkyl halides is 3. The lowest BCUT2D eigenvalue weighted by Crippen LogP contribution is -2.42. The van der Waals surface area contributed by atoms with Crippen molar-refractivity contribution >= 4 is 11.9 Å². The topological polar surface area (TPSA) is 66.9 Å². The molecule has 1 saturated heterocycles. The maximum atomic E-state index is 12.4. The minimum Gasteiger partial charge on any atom is -0.354 e. The number of hydrogen-bond acceptors (Lipinski definition) is 4. The number of carbonyl (C=O) groups is 1. The molecule has 1 aromatic heterocycles. The van der Waals surface area contributed by atoms with Crippen LogP contribution in [0.5, 0.6) is 0 Å². The van der Waals surface area contributed by atoms with E-state index in [4.69, 9.17) is 0 Å². The van der Waals surface area contributed by atoms with E-state index in [1.54, 1.807) is 0 Å². The maximum absolute atomic E-state index is 12.4. The van der Waals surface area contributed by atoms with Crippen LogP contribution in [-0.4, -0.2) is 28.5 Å². The van der Waals surface area contributed by atoms with Crippen molar-refractivity contribution in [2.45, 2.75) is 25.1 Å². The number of anilines is 1. The minimum absolute atomic E-state index is 0.0574. The second kappa shape index (κ2) is 4.79. The Hall–Kier alpha value is -1.86. The van der Waals surface area contributed by atoms with Gasteiger partial charge >= 0.3 is 6.18 Å². The van der Waals surface area contributed by atoms with Gasteiger partial charge in [-0.15, -0.1) is 0 Å². The van der Waals surface area contributed by atoms with E-state index in [0.717, 1.165) is 12.3 Å². The molecule has 0 aromatic carbocycles. The fourth-order valence-electron chi connectivity index (χ4n) is 1.62. The summed E-state index contributed by atoms with van der Waals surface area (Å²) in [6.07, 6.45) is -2.54. The second-order valence-corrected chi connectivity index (χ2v) is 3.95. The number of aromatic nitrogens is 2. The van der Waals surface area contributed by atoms with Crippen LogP contribution in [-0.2, 0) is 11.0 Å². The van der Waals surface area contributed by atoms with Crippen molar-refractivity contribution in [3.8, 4) is 0 Å². The number of hydrogen-bond donors (Lipinski definition) is 2. The lowest BCUT2D eigenvalue weighted by molar-refractivity contribution is -0.141. The molecular weight excluding hydrogens is 249 g/mol. The van der Waals surface area contributed by atoms with Gasteiger partial charge in [0.15, 0.2) is 0 Å². The molecule has 1 fully saturated rings. The molecule has 2 rings (SSSR count). The van der Waals surface area contributed by atoms with Crippen molar-refractivity contribution in [1.82, 2.24) is 15.3 Å². The van der Waals surface area contributed by atoms with Gasteiger partial charge in [-0.2, -0.15) is 13.2 Å². The standard InChI is InChI=1S/C10H11F3N4O/c11-10(12,13)7-3-4-14-9(17-7)16-6-1-2-8(18)15-5-6/h3-4,6H,1-2,5H2,(H,15,18)(H,14,16,17). The molecular formula is C10H11F3N4O. The summed E-state index contributed by atoms with van der Waals surface area (Å²) in [6, 6.07) is 0.666.